The van der Waals surface area contributed by atoms with Crippen LogP contribution in [-0.2, 0) is 0 Å². The Kier molecular flexibility index (Phi) is 4.10. The number of methoxy groups -OCH3 is 1. The number of aromatic nitrogens is 2. The number of nitrogens with two attached hydrogens (primary N) is 1. The van der Waals surface area contributed by atoms with Gasteiger partial charge in [0.15, 0.2) is 5.82 Å². The minimum absolute atomic E-state index is 0.389. The second-order valence-corrected chi connectivity index (χ2v) is 3.85. The second kappa shape index (κ2) is 5.34. The van der Waals surface area contributed by atoms with Gasteiger partial charge in [-0.25, -0.2) is 4.98 Å². The third-order valence-corrected chi connectivity index (χ3v) is 2.07. The molecule has 0 amide bonds. The first-order chi connectivity index (χ1) is 7.60. The summed E-state index contributed by atoms with van der Waals surface area (Å²) in [6.07, 6.45) is 3.14. The molecule has 0 radical (unpaired) electrons. The van der Waals surface area contributed by atoms with E-state index in [9.17, 15) is 0 Å². The van der Waals surface area contributed by atoms with Crippen molar-refractivity contribution in [2.75, 3.05) is 24.3 Å². The largest absolute Gasteiger partial charge is 0.479 e. The predicted molar refractivity (Wildman–Crippen MR) is 65.4 cm³/mol. The van der Waals surface area contributed by atoms with Gasteiger partial charge in [-0.2, -0.15) is 4.98 Å². The van der Waals surface area contributed by atoms with E-state index in [4.69, 9.17) is 10.5 Å². The Hall–Kier alpha value is -1.78. The van der Waals surface area contributed by atoms with E-state index in [0.29, 0.717) is 23.3 Å². The zero-order valence-electron chi connectivity index (χ0n) is 9.97. The molecule has 0 aliphatic carbocycles. The van der Waals surface area contributed by atoms with Crippen LogP contribution in [0.4, 0.5) is 11.5 Å². The molecule has 5 heteroatoms. The fraction of sp³-hybridized carbons (Fsp3) is 0.455. The van der Waals surface area contributed by atoms with Crippen LogP contribution in [0, 0.1) is 5.92 Å². The van der Waals surface area contributed by atoms with Crippen molar-refractivity contribution in [3.63, 3.8) is 0 Å². The lowest BCUT2D eigenvalue weighted by molar-refractivity contribution is 0.399. The predicted octanol–water partition coefficient (Wildman–Crippen LogP) is 1.67. The Balaban J connectivity index is 3.05. The van der Waals surface area contributed by atoms with Crippen molar-refractivity contribution < 1.29 is 4.74 Å². The fourth-order valence-corrected chi connectivity index (χ4v) is 1.40. The normalized spacial score (nSPS) is 10.2. The summed E-state index contributed by atoms with van der Waals surface area (Å²) in [6, 6.07) is 0. The van der Waals surface area contributed by atoms with E-state index in [1.807, 2.05) is 4.90 Å². The minimum atomic E-state index is 0.389. The molecule has 1 aromatic heterocycles. The molecule has 5 nitrogen and oxygen atoms in total. The van der Waals surface area contributed by atoms with Crippen LogP contribution in [0.2, 0.25) is 0 Å². The zero-order chi connectivity index (χ0) is 12.1. The van der Waals surface area contributed by atoms with Crippen LogP contribution in [0.5, 0.6) is 5.88 Å². The number of anilines is 2. The number of nitrogen functional groups attached to an aromatic ring is 1. The van der Waals surface area contributed by atoms with Gasteiger partial charge in [-0.3, -0.25) is 0 Å². The first kappa shape index (κ1) is 12.3. The van der Waals surface area contributed by atoms with E-state index >= 15 is 0 Å². The molecule has 0 atom stereocenters. The van der Waals surface area contributed by atoms with Gasteiger partial charge in [0.05, 0.1) is 7.11 Å². The minimum Gasteiger partial charge on any atom is -0.479 e. The molecule has 0 fully saturated rings. The standard InChI is InChI=1S/C11H18N4O/c1-5-15(6-8(2)3)10-9(12)11(16-4)14-7-13-10/h5,7-8H,1,6,12H2,2-4H3. The molecule has 0 saturated heterocycles. The first-order valence-electron chi connectivity index (χ1n) is 5.13. The fourth-order valence-electron chi connectivity index (χ4n) is 1.40. The monoisotopic (exact) mass is 222 g/mol. The maximum absolute atomic E-state index is 5.91. The highest BCUT2D eigenvalue weighted by molar-refractivity contribution is 5.68. The van der Waals surface area contributed by atoms with Crippen LogP contribution in [0.15, 0.2) is 19.1 Å². The van der Waals surface area contributed by atoms with Gasteiger partial charge in [0, 0.05) is 6.54 Å². The van der Waals surface area contributed by atoms with Crippen molar-refractivity contribution in [1.82, 2.24) is 9.97 Å². The van der Waals surface area contributed by atoms with Gasteiger partial charge in [0.25, 0.3) is 0 Å². The topological polar surface area (TPSA) is 64.3 Å². The van der Waals surface area contributed by atoms with E-state index in [2.05, 4.69) is 30.4 Å². The maximum atomic E-state index is 5.91. The van der Waals surface area contributed by atoms with Crippen molar-refractivity contribution in [2.24, 2.45) is 5.92 Å². The summed E-state index contributed by atoms with van der Waals surface area (Å²) in [4.78, 5) is 9.98. The average Bonchev–Trinajstić information content (AvgIpc) is 2.26. The summed E-state index contributed by atoms with van der Waals surface area (Å²) < 4.78 is 5.05. The number of hydrogen-bond donors (Lipinski definition) is 1. The van der Waals surface area contributed by atoms with Crippen molar-refractivity contribution in [2.45, 2.75) is 13.8 Å². The van der Waals surface area contributed by atoms with Gasteiger partial charge >= 0.3 is 0 Å². The lowest BCUT2D eigenvalue weighted by Gasteiger charge is -2.22. The molecule has 1 aromatic rings. The average molecular weight is 222 g/mol. The van der Waals surface area contributed by atoms with Gasteiger partial charge in [0.2, 0.25) is 5.88 Å². The van der Waals surface area contributed by atoms with Crippen molar-refractivity contribution >= 4 is 11.5 Å². The number of hydrogen-bond acceptors (Lipinski definition) is 5. The summed E-state index contributed by atoms with van der Waals surface area (Å²) in [7, 11) is 1.53. The first-order valence-corrected chi connectivity index (χ1v) is 5.13. The van der Waals surface area contributed by atoms with Gasteiger partial charge in [-0.15, -0.1) is 0 Å². The zero-order valence-corrected chi connectivity index (χ0v) is 9.97. The third-order valence-electron chi connectivity index (χ3n) is 2.07. The third kappa shape index (κ3) is 2.62. The quantitative estimate of drug-likeness (QED) is 0.821. The highest BCUT2D eigenvalue weighted by Gasteiger charge is 2.14. The van der Waals surface area contributed by atoms with E-state index in [-0.39, 0.29) is 0 Å². The Morgan fingerprint density at radius 1 is 1.56 bits per heavy atom. The molecule has 0 saturated carbocycles. The molecule has 0 bridgehead atoms. The van der Waals surface area contributed by atoms with Gasteiger partial charge in [0.1, 0.15) is 12.0 Å². The Labute approximate surface area is 95.9 Å². The molecule has 16 heavy (non-hydrogen) atoms. The lowest BCUT2D eigenvalue weighted by atomic mass is 10.2. The molecular formula is C11H18N4O. The summed E-state index contributed by atoms with van der Waals surface area (Å²) in [5.74, 6) is 1.51. The van der Waals surface area contributed by atoms with Crippen molar-refractivity contribution in [1.29, 1.82) is 0 Å². The van der Waals surface area contributed by atoms with Crippen LogP contribution < -0.4 is 15.4 Å². The summed E-state index contributed by atoms with van der Waals surface area (Å²) in [6.45, 7) is 8.79. The lowest BCUT2D eigenvalue weighted by Crippen LogP contribution is -2.23. The Bertz CT molecular complexity index is 365. The molecule has 1 heterocycles. The van der Waals surface area contributed by atoms with Gasteiger partial charge < -0.3 is 15.4 Å². The summed E-state index contributed by atoms with van der Waals surface area (Å²) >= 11 is 0. The van der Waals surface area contributed by atoms with Gasteiger partial charge in [-0.1, -0.05) is 20.4 Å². The van der Waals surface area contributed by atoms with Crippen molar-refractivity contribution in [3.05, 3.63) is 19.1 Å². The summed E-state index contributed by atoms with van der Waals surface area (Å²) in [5, 5.41) is 0. The number of nitrogens with zero attached hydrogens (tertiary/aromatic N) is 3. The molecular weight excluding hydrogens is 204 g/mol. The molecule has 0 aromatic carbocycles. The molecule has 1 rings (SSSR count). The van der Waals surface area contributed by atoms with E-state index in [1.54, 1.807) is 6.20 Å². The number of rotatable bonds is 5. The SMILES string of the molecule is C=CN(CC(C)C)c1ncnc(OC)c1N. The number of ether oxygens (including phenoxy) is 1. The van der Waals surface area contributed by atoms with Crippen LogP contribution in [-0.4, -0.2) is 23.6 Å². The van der Waals surface area contributed by atoms with Gasteiger partial charge in [-0.05, 0) is 12.1 Å². The summed E-state index contributed by atoms with van der Waals surface area (Å²) in [5.41, 5.74) is 6.34. The van der Waals surface area contributed by atoms with E-state index in [1.165, 1.54) is 13.4 Å². The smallest absolute Gasteiger partial charge is 0.242 e. The van der Waals surface area contributed by atoms with E-state index < -0.39 is 0 Å². The highest BCUT2D eigenvalue weighted by Crippen LogP contribution is 2.27. The van der Waals surface area contributed by atoms with Crippen LogP contribution >= 0.6 is 0 Å². The Morgan fingerprint density at radius 3 is 2.75 bits per heavy atom. The van der Waals surface area contributed by atoms with Crippen LogP contribution in [0.25, 0.3) is 0 Å². The Morgan fingerprint density at radius 2 is 2.25 bits per heavy atom. The van der Waals surface area contributed by atoms with Crippen molar-refractivity contribution in [3.8, 4) is 5.88 Å². The molecule has 88 valence electrons. The second-order valence-electron chi connectivity index (χ2n) is 3.85. The molecule has 2 N–H and O–H groups in total. The maximum Gasteiger partial charge on any atom is 0.242 e. The molecule has 0 spiro atoms. The molecule has 0 aliphatic heterocycles. The highest BCUT2D eigenvalue weighted by atomic mass is 16.5. The van der Waals surface area contributed by atoms with Crippen LogP contribution in [0.3, 0.4) is 0 Å². The molecule has 0 aliphatic rings. The van der Waals surface area contributed by atoms with E-state index in [0.717, 1.165) is 6.54 Å². The van der Waals surface area contributed by atoms with Crippen LogP contribution in [0.1, 0.15) is 13.8 Å². The molecule has 0 unspecified atom stereocenters.